The summed E-state index contributed by atoms with van der Waals surface area (Å²) in [6.45, 7) is 3.62. The molecule has 1 heterocycles. The molecule has 25 heavy (non-hydrogen) atoms. The van der Waals surface area contributed by atoms with Crippen LogP contribution in [0.2, 0.25) is 5.02 Å². The van der Waals surface area contributed by atoms with E-state index in [1.165, 1.54) is 6.07 Å². The van der Waals surface area contributed by atoms with Crippen LogP contribution in [0.1, 0.15) is 37.8 Å². The van der Waals surface area contributed by atoms with Gasteiger partial charge in [0, 0.05) is 23.3 Å². The second-order valence-electron chi connectivity index (χ2n) is 6.86. The molecule has 0 aromatic heterocycles. The summed E-state index contributed by atoms with van der Waals surface area (Å²) in [7, 11) is 0. The van der Waals surface area contributed by atoms with Crippen molar-refractivity contribution in [2.24, 2.45) is 11.8 Å². The molecule has 3 nitrogen and oxygen atoms in total. The van der Waals surface area contributed by atoms with Crippen molar-refractivity contribution in [3.63, 3.8) is 0 Å². The number of halogens is 4. The average Bonchev–Trinajstić information content (AvgIpc) is 2.53. The van der Waals surface area contributed by atoms with Gasteiger partial charge in [0.2, 0.25) is 0 Å². The molecule has 3 rings (SSSR count). The normalized spacial score (nSPS) is 33.0. The molecule has 136 valence electrons. The van der Waals surface area contributed by atoms with E-state index in [0.717, 1.165) is 12.1 Å². The van der Waals surface area contributed by atoms with Gasteiger partial charge in [0.15, 0.2) is 0 Å². The minimum Gasteiger partial charge on any atom is -0.299 e. The smallest absolute Gasteiger partial charge is 0.299 e. The van der Waals surface area contributed by atoms with Gasteiger partial charge in [0.05, 0.1) is 5.56 Å². The zero-order valence-electron chi connectivity index (χ0n) is 13.8. The van der Waals surface area contributed by atoms with E-state index in [4.69, 9.17) is 21.4 Å². The van der Waals surface area contributed by atoms with Crippen LogP contribution in [0, 0.1) is 11.8 Å². The molecule has 2 aliphatic rings. The largest absolute Gasteiger partial charge is 0.416 e. The van der Waals surface area contributed by atoms with Crippen molar-refractivity contribution in [2.45, 2.75) is 44.6 Å². The lowest BCUT2D eigenvalue weighted by Crippen LogP contribution is -2.51. The van der Waals surface area contributed by atoms with E-state index in [-0.39, 0.29) is 28.7 Å². The molecule has 0 N–H and O–H groups in total. The summed E-state index contributed by atoms with van der Waals surface area (Å²) in [6.07, 6.45) is -0.286. The summed E-state index contributed by atoms with van der Waals surface area (Å²) in [5.41, 5.74) is -1.19. The third kappa shape index (κ3) is 3.61. The van der Waals surface area contributed by atoms with Gasteiger partial charge in [-0.15, -0.1) is 0 Å². The van der Waals surface area contributed by atoms with E-state index in [9.17, 15) is 18.0 Å². The quantitative estimate of drug-likeness (QED) is 0.677. The lowest BCUT2D eigenvalue weighted by Gasteiger charge is -2.45. The van der Waals surface area contributed by atoms with Crippen molar-refractivity contribution in [1.29, 1.82) is 0 Å². The predicted molar refractivity (Wildman–Crippen MR) is 86.7 cm³/mol. The summed E-state index contributed by atoms with van der Waals surface area (Å²) in [5.74, 6) is -0.0923. The first kappa shape index (κ1) is 18.4. The van der Waals surface area contributed by atoms with Gasteiger partial charge < -0.3 is 0 Å². The summed E-state index contributed by atoms with van der Waals surface area (Å²) < 4.78 is 38.1. The van der Waals surface area contributed by atoms with Gasteiger partial charge >= 0.3 is 6.18 Å². The number of hydrogen-bond donors (Lipinski definition) is 0. The molecule has 4 atom stereocenters. The Bertz CT molecular complexity index is 716. The number of benzene rings is 1. The van der Waals surface area contributed by atoms with Crippen molar-refractivity contribution in [3.8, 4) is 0 Å². The van der Waals surface area contributed by atoms with Gasteiger partial charge in [0.1, 0.15) is 17.5 Å². The Morgan fingerprint density at radius 1 is 1.36 bits per heavy atom. The third-order valence-corrected chi connectivity index (χ3v) is 5.44. The van der Waals surface area contributed by atoms with Crippen molar-refractivity contribution in [1.82, 2.24) is 0 Å². The molecule has 0 amide bonds. The molecule has 0 unspecified atom stereocenters. The van der Waals surface area contributed by atoms with Crippen LogP contribution in [-0.4, -0.2) is 17.5 Å². The summed E-state index contributed by atoms with van der Waals surface area (Å²) in [5, 5.41) is -0.00220. The first-order chi connectivity index (χ1) is 11.6. The molecule has 1 aromatic carbocycles. The maximum atomic E-state index is 12.7. The minimum absolute atomic E-state index is 0.00220. The molecule has 2 bridgehead atoms. The third-order valence-electron chi connectivity index (χ3n) is 5.11. The predicted octanol–water partition coefficient (Wildman–Crippen LogP) is 5.08. The summed E-state index contributed by atoms with van der Waals surface area (Å²) in [6, 6.07) is 3.18. The first-order valence-electron chi connectivity index (χ1n) is 8.03. The van der Waals surface area contributed by atoms with E-state index in [1.54, 1.807) is 19.1 Å². The van der Waals surface area contributed by atoms with Gasteiger partial charge in [-0.2, -0.15) is 13.2 Å². The number of carbonyl (C=O) groups excluding carboxylic acids is 1. The number of Topliss-reactive ketones (excluding diaryl/α,β-unsaturated/α-hetero) is 1. The zero-order valence-corrected chi connectivity index (χ0v) is 14.5. The fourth-order valence-electron chi connectivity index (χ4n) is 3.25. The highest BCUT2D eigenvalue weighted by molar-refractivity contribution is 6.32. The molecule has 7 heteroatoms. The Morgan fingerprint density at radius 2 is 2.08 bits per heavy atom. The van der Waals surface area contributed by atoms with Gasteiger partial charge in [-0.1, -0.05) is 30.7 Å². The standard InChI is InChI=1S/C18H18ClF3O3/c1-10-15(23)8-13-9-16(10)24-25-17(13,2)6-5-11-3-4-12(7-14(11)19)18(20,21)22/h3-7,10,13,16H,8-9H2,1-2H3/t10-,13+,16+,17+/m1/s1. The zero-order chi connectivity index (χ0) is 18.4. The highest BCUT2D eigenvalue weighted by Gasteiger charge is 2.48. The Labute approximate surface area is 148 Å². The van der Waals surface area contributed by atoms with Crippen LogP contribution >= 0.6 is 11.6 Å². The van der Waals surface area contributed by atoms with Gasteiger partial charge in [-0.25, -0.2) is 9.78 Å². The van der Waals surface area contributed by atoms with Crippen LogP contribution in [0.3, 0.4) is 0 Å². The second-order valence-corrected chi connectivity index (χ2v) is 7.27. The first-order valence-corrected chi connectivity index (χ1v) is 8.41. The van der Waals surface area contributed by atoms with Gasteiger partial charge in [0.25, 0.3) is 0 Å². The average molecular weight is 375 g/mol. The van der Waals surface area contributed by atoms with Crippen LogP contribution in [0.25, 0.3) is 6.08 Å². The summed E-state index contributed by atoms with van der Waals surface area (Å²) in [4.78, 5) is 23.0. The van der Waals surface area contributed by atoms with Crippen molar-refractivity contribution >= 4 is 23.5 Å². The Morgan fingerprint density at radius 3 is 2.72 bits per heavy atom. The number of ketones is 1. The number of carbonyl (C=O) groups is 1. The van der Waals surface area contributed by atoms with Crippen molar-refractivity contribution in [2.75, 3.05) is 0 Å². The van der Waals surface area contributed by atoms with Crippen molar-refractivity contribution < 1.29 is 27.7 Å². The number of rotatable bonds is 2. The van der Waals surface area contributed by atoms with Crippen LogP contribution < -0.4 is 0 Å². The molecule has 1 saturated carbocycles. The molecule has 1 aliphatic carbocycles. The topological polar surface area (TPSA) is 35.5 Å². The van der Waals surface area contributed by atoms with E-state index < -0.39 is 17.3 Å². The lowest BCUT2D eigenvalue weighted by molar-refractivity contribution is -0.415. The van der Waals surface area contributed by atoms with E-state index in [1.807, 2.05) is 6.92 Å². The van der Waals surface area contributed by atoms with Crippen LogP contribution in [0.4, 0.5) is 13.2 Å². The fraction of sp³-hybridized carbons (Fsp3) is 0.500. The fourth-order valence-corrected chi connectivity index (χ4v) is 3.50. The number of hydrogen-bond acceptors (Lipinski definition) is 3. The Balaban J connectivity index is 1.81. The maximum absolute atomic E-state index is 12.7. The highest BCUT2D eigenvalue weighted by Crippen LogP contribution is 2.43. The molecule has 1 saturated heterocycles. The highest BCUT2D eigenvalue weighted by atomic mass is 35.5. The molecular formula is C18H18ClF3O3. The lowest BCUT2D eigenvalue weighted by atomic mass is 9.71. The minimum atomic E-state index is -4.44. The Kier molecular flexibility index (Phi) is 4.73. The molecule has 0 radical (unpaired) electrons. The van der Waals surface area contributed by atoms with Gasteiger partial charge in [-0.3, -0.25) is 4.79 Å². The van der Waals surface area contributed by atoms with Gasteiger partial charge in [-0.05, 0) is 37.1 Å². The van der Waals surface area contributed by atoms with Crippen LogP contribution in [0.5, 0.6) is 0 Å². The number of alkyl halides is 3. The van der Waals surface area contributed by atoms with E-state index in [2.05, 4.69) is 0 Å². The molecule has 0 spiro atoms. The number of fused-ring (bicyclic) bond motifs is 2. The van der Waals surface area contributed by atoms with Crippen LogP contribution in [0.15, 0.2) is 24.3 Å². The molecule has 2 fully saturated rings. The van der Waals surface area contributed by atoms with Crippen LogP contribution in [-0.2, 0) is 20.7 Å². The SMILES string of the molecule is C[C@@H]1C(=O)C[C@H]2C[C@@H]1OO[C@@]2(C)C=Cc1ccc(C(F)(F)F)cc1Cl. The van der Waals surface area contributed by atoms with E-state index >= 15 is 0 Å². The monoisotopic (exact) mass is 374 g/mol. The Hall–Kier alpha value is -1.37. The molecule has 1 aliphatic heterocycles. The van der Waals surface area contributed by atoms with Crippen molar-refractivity contribution in [3.05, 3.63) is 40.4 Å². The molecule has 1 aromatic rings. The molecular weight excluding hydrogens is 357 g/mol. The second kappa shape index (κ2) is 6.41. The summed E-state index contributed by atoms with van der Waals surface area (Å²) >= 11 is 5.97. The maximum Gasteiger partial charge on any atom is 0.416 e. The van der Waals surface area contributed by atoms with E-state index in [0.29, 0.717) is 18.4 Å².